The summed E-state index contributed by atoms with van der Waals surface area (Å²) in [5, 5.41) is 3.45. The van der Waals surface area contributed by atoms with Crippen LogP contribution in [0.4, 0.5) is 5.82 Å². The van der Waals surface area contributed by atoms with Crippen LogP contribution in [0, 0.1) is 6.92 Å². The van der Waals surface area contributed by atoms with Crippen molar-refractivity contribution in [3.63, 3.8) is 0 Å². The lowest BCUT2D eigenvalue weighted by Gasteiger charge is -2.14. The monoisotopic (exact) mass is 354 g/mol. The topological polar surface area (TPSA) is 76.9 Å². The summed E-state index contributed by atoms with van der Waals surface area (Å²) < 4.78 is 1.47. The van der Waals surface area contributed by atoms with E-state index in [4.69, 9.17) is 0 Å². The van der Waals surface area contributed by atoms with Gasteiger partial charge in [-0.1, -0.05) is 30.0 Å². The Morgan fingerprint density at radius 3 is 2.76 bits per heavy atom. The molecule has 2 heterocycles. The number of aryl methyl sites for hydroxylation is 1. The zero-order valence-electron chi connectivity index (χ0n) is 14.2. The van der Waals surface area contributed by atoms with Crippen molar-refractivity contribution in [2.24, 2.45) is 7.05 Å². The number of benzene rings is 1. The first-order chi connectivity index (χ1) is 12.0. The van der Waals surface area contributed by atoms with Crippen LogP contribution in [-0.2, 0) is 11.8 Å². The third-order valence-corrected chi connectivity index (χ3v) is 4.99. The molecule has 1 unspecified atom stereocenters. The number of carbonyl (C=O) groups is 1. The van der Waals surface area contributed by atoms with E-state index in [1.54, 1.807) is 32.3 Å². The smallest absolute Gasteiger partial charge is 0.261 e. The van der Waals surface area contributed by atoms with Crippen LogP contribution in [0.1, 0.15) is 12.5 Å². The summed E-state index contributed by atoms with van der Waals surface area (Å²) in [6, 6.07) is 10.9. The number of fused-ring (bicyclic) bond motifs is 1. The Morgan fingerprint density at radius 1 is 1.24 bits per heavy atom. The molecule has 1 aromatic carbocycles. The molecular weight excluding hydrogens is 336 g/mol. The molecule has 1 N–H and O–H groups in total. The van der Waals surface area contributed by atoms with Crippen molar-refractivity contribution >= 4 is 34.4 Å². The van der Waals surface area contributed by atoms with E-state index in [9.17, 15) is 9.59 Å². The average molecular weight is 354 g/mol. The van der Waals surface area contributed by atoms with Crippen molar-refractivity contribution in [3.8, 4) is 0 Å². The molecule has 1 amide bonds. The maximum Gasteiger partial charge on any atom is 0.261 e. The molecule has 3 aromatic rings. The van der Waals surface area contributed by atoms with E-state index in [0.29, 0.717) is 21.9 Å². The summed E-state index contributed by atoms with van der Waals surface area (Å²) >= 11 is 1.24. The predicted octanol–water partition coefficient (Wildman–Crippen LogP) is 2.76. The molecule has 0 aliphatic rings. The Bertz CT molecular complexity index is 1000. The van der Waals surface area contributed by atoms with Crippen LogP contribution in [0.5, 0.6) is 0 Å². The second-order valence-corrected chi connectivity index (χ2v) is 7.00. The summed E-state index contributed by atoms with van der Waals surface area (Å²) in [6.07, 6.45) is 1.63. The highest BCUT2D eigenvalue weighted by atomic mass is 32.2. The van der Waals surface area contributed by atoms with Crippen molar-refractivity contribution in [1.29, 1.82) is 0 Å². The third-order valence-electron chi connectivity index (χ3n) is 3.84. The maximum absolute atomic E-state index is 12.4. The van der Waals surface area contributed by atoms with Gasteiger partial charge < -0.3 is 5.32 Å². The number of pyridine rings is 1. The van der Waals surface area contributed by atoms with Crippen molar-refractivity contribution in [1.82, 2.24) is 14.5 Å². The molecule has 0 spiro atoms. The van der Waals surface area contributed by atoms with E-state index >= 15 is 0 Å². The summed E-state index contributed by atoms with van der Waals surface area (Å²) in [5.74, 6) is 0.356. The molecular formula is C18H18N4O2S. The average Bonchev–Trinajstić information content (AvgIpc) is 2.61. The van der Waals surface area contributed by atoms with E-state index < -0.39 is 5.25 Å². The van der Waals surface area contributed by atoms with Crippen LogP contribution in [0.15, 0.2) is 52.5 Å². The predicted molar refractivity (Wildman–Crippen MR) is 99.9 cm³/mol. The lowest BCUT2D eigenvalue weighted by Crippen LogP contribution is -2.26. The van der Waals surface area contributed by atoms with Gasteiger partial charge in [0.25, 0.3) is 5.56 Å². The number of carbonyl (C=O) groups excluding carboxylic acids is 1. The van der Waals surface area contributed by atoms with Gasteiger partial charge in [0, 0.05) is 13.2 Å². The molecule has 3 rings (SSSR count). The highest BCUT2D eigenvalue weighted by Crippen LogP contribution is 2.23. The molecule has 0 saturated carbocycles. The van der Waals surface area contributed by atoms with E-state index in [1.165, 1.54) is 16.3 Å². The van der Waals surface area contributed by atoms with Crippen LogP contribution >= 0.6 is 11.8 Å². The number of amides is 1. The molecule has 128 valence electrons. The SMILES string of the molecule is Cc1cccnc1NC(=O)C(C)Sc1nc2ccccc2c(=O)n1C. The molecule has 0 aliphatic heterocycles. The molecule has 6 nitrogen and oxygen atoms in total. The van der Waals surface area contributed by atoms with E-state index in [1.807, 2.05) is 31.2 Å². The van der Waals surface area contributed by atoms with Gasteiger partial charge in [0.05, 0.1) is 16.2 Å². The normalized spacial score (nSPS) is 12.1. The summed E-state index contributed by atoms with van der Waals surface area (Å²) in [4.78, 5) is 33.6. The Labute approximate surface area is 149 Å². The third kappa shape index (κ3) is 3.56. The van der Waals surface area contributed by atoms with E-state index in [-0.39, 0.29) is 11.5 Å². The van der Waals surface area contributed by atoms with Crippen LogP contribution in [0.3, 0.4) is 0 Å². The first-order valence-electron chi connectivity index (χ1n) is 7.82. The van der Waals surface area contributed by atoms with Gasteiger partial charge in [-0.3, -0.25) is 14.2 Å². The number of hydrogen-bond acceptors (Lipinski definition) is 5. The minimum absolute atomic E-state index is 0.124. The van der Waals surface area contributed by atoms with Gasteiger partial charge in [-0.05, 0) is 37.6 Å². The van der Waals surface area contributed by atoms with Gasteiger partial charge in [0.2, 0.25) is 5.91 Å². The first kappa shape index (κ1) is 17.2. The molecule has 0 aliphatic carbocycles. The highest BCUT2D eigenvalue weighted by molar-refractivity contribution is 8.00. The fourth-order valence-corrected chi connectivity index (χ4v) is 3.22. The molecule has 25 heavy (non-hydrogen) atoms. The number of nitrogens with one attached hydrogen (secondary N) is 1. The molecule has 1 atom stereocenters. The maximum atomic E-state index is 12.4. The van der Waals surface area contributed by atoms with Crippen molar-refractivity contribution in [2.75, 3.05) is 5.32 Å². The second kappa shape index (κ2) is 7.06. The van der Waals surface area contributed by atoms with Crippen molar-refractivity contribution < 1.29 is 4.79 Å². The minimum atomic E-state index is -0.430. The largest absolute Gasteiger partial charge is 0.310 e. The fourth-order valence-electron chi connectivity index (χ4n) is 2.35. The van der Waals surface area contributed by atoms with Crippen molar-refractivity contribution in [3.05, 3.63) is 58.5 Å². The lowest BCUT2D eigenvalue weighted by molar-refractivity contribution is -0.115. The zero-order chi connectivity index (χ0) is 18.0. The molecule has 0 saturated heterocycles. The molecule has 0 fully saturated rings. The number of para-hydroxylation sites is 1. The molecule has 7 heteroatoms. The number of nitrogens with zero attached hydrogens (tertiary/aromatic N) is 3. The quantitative estimate of drug-likeness (QED) is 0.576. The van der Waals surface area contributed by atoms with Crippen LogP contribution < -0.4 is 10.9 Å². The van der Waals surface area contributed by atoms with Crippen molar-refractivity contribution in [2.45, 2.75) is 24.3 Å². The summed E-state index contributed by atoms with van der Waals surface area (Å²) in [7, 11) is 1.66. The molecule has 0 bridgehead atoms. The van der Waals surface area contributed by atoms with Gasteiger partial charge in [-0.2, -0.15) is 0 Å². The lowest BCUT2D eigenvalue weighted by atomic mass is 10.2. The fraction of sp³-hybridized carbons (Fsp3) is 0.222. The zero-order valence-corrected chi connectivity index (χ0v) is 15.0. The first-order valence-corrected chi connectivity index (χ1v) is 8.70. The van der Waals surface area contributed by atoms with E-state index in [0.717, 1.165) is 5.56 Å². The number of hydrogen-bond donors (Lipinski definition) is 1. The Morgan fingerprint density at radius 2 is 2.00 bits per heavy atom. The van der Waals surface area contributed by atoms with Gasteiger partial charge in [-0.15, -0.1) is 0 Å². The molecule has 0 radical (unpaired) electrons. The van der Waals surface area contributed by atoms with E-state index in [2.05, 4.69) is 15.3 Å². The van der Waals surface area contributed by atoms with Crippen LogP contribution in [-0.4, -0.2) is 25.7 Å². The van der Waals surface area contributed by atoms with Crippen LogP contribution in [0.2, 0.25) is 0 Å². The summed E-state index contributed by atoms with van der Waals surface area (Å²) in [5.41, 5.74) is 1.40. The minimum Gasteiger partial charge on any atom is -0.310 e. The Kier molecular flexibility index (Phi) is 4.85. The van der Waals surface area contributed by atoms with Gasteiger partial charge >= 0.3 is 0 Å². The van der Waals surface area contributed by atoms with Gasteiger partial charge in [0.1, 0.15) is 5.82 Å². The highest BCUT2D eigenvalue weighted by Gasteiger charge is 2.19. The number of rotatable bonds is 4. The van der Waals surface area contributed by atoms with Gasteiger partial charge in [0.15, 0.2) is 5.16 Å². The number of thioether (sulfide) groups is 1. The van der Waals surface area contributed by atoms with Gasteiger partial charge in [-0.25, -0.2) is 9.97 Å². The summed E-state index contributed by atoms with van der Waals surface area (Å²) in [6.45, 7) is 3.66. The number of aromatic nitrogens is 3. The standard InChI is InChI=1S/C18H18N4O2S/c1-11-7-6-10-19-15(11)21-16(23)12(2)25-18-20-14-9-5-4-8-13(14)17(24)22(18)3/h4-10,12H,1-3H3,(H,19,21,23). The Balaban J connectivity index is 1.83. The second-order valence-electron chi connectivity index (χ2n) is 5.69. The number of anilines is 1. The Hall–Kier alpha value is -2.67. The molecule has 2 aromatic heterocycles. The van der Waals surface area contributed by atoms with Crippen LogP contribution in [0.25, 0.3) is 10.9 Å².